The summed E-state index contributed by atoms with van der Waals surface area (Å²) >= 11 is 1.55. The normalized spacial score (nSPS) is 15.3. The molecule has 0 aromatic carbocycles. The van der Waals surface area contributed by atoms with E-state index in [9.17, 15) is 13.2 Å². The third-order valence-corrected chi connectivity index (χ3v) is 7.81. The summed E-state index contributed by atoms with van der Waals surface area (Å²) < 4.78 is 30.7. The standard InChI is InChI=1S/C10H18O4S3/c1-5-9(17(12,13)14)16(7-6-15-4)10(11)8(2)3/h9H,2,5-7H2,1,3-4H3/p+1. The topological polar surface area (TPSA) is 71.4 Å². The van der Waals surface area contributed by atoms with Crippen LogP contribution in [0.4, 0.5) is 0 Å². The molecule has 7 heteroatoms. The Morgan fingerprint density at radius 1 is 1.53 bits per heavy atom. The molecule has 0 radical (unpaired) electrons. The maximum absolute atomic E-state index is 11.9. The van der Waals surface area contributed by atoms with E-state index in [-0.39, 0.29) is 11.5 Å². The molecule has 17 heavy (non-hydrogen) atoms. The average Bonchev–Trinajstić information content (AvgIpc) is 2.21. The molecular formula is C10H19O4S3+. The third kappa shape index (κ3) is 5.46. The highest BCUT2D eigenvalue weighted by molar-refractivity contribution is 8.20. The second-order valence-electron chi connectivity index (χ2n) is 3.55. The van der Waals surface area contributed by atoms with Gasteiger partial charge in [0, 0.05) is 17.7 Å². The average molecular weight is 299 g/mol. The summed E-state index contributed by atoms with van der Waals surface area (Å²) in [5.74, 6) is 1.15. The molecule has 4 nitrogen and oxygen atoms in total. The molecule has 0 spiro atoms. The highest BCUT2D eigenvalue weighted by Crippen LogP contribution is 2.20. The number of thioether (sulfide) groups is 1. The molecule has 2 unspecified atom stereocenters. The third-order valence-electron chi connectivity index (χ3n) is 2.08. The molecule has 0 bridgehead atoms. The lowest BCUT2D eigenvalue weighted by atomic mass is 10.4. The number of carbonyl (C=O) groups excluding carboxylic acids is 1. The van der Waals surface area contributed by atoms with Gasteiger partial charge in [-0.2, -0.15) is 20.2 Å². The second-order valence-corrected chi connectivity index (χ2v) is 8.64. The molecule has 1 N–H and O–H groups in total. The Morgan fingerprint density at radius 3 is 2.35 bits per heavy atom. The van der Waals surface area contributed by atoms with E-state index in [0.717, 1.165) is 0 Å². The van der Waals surface area contributed by atoms with Crippen LogP contribution in [-0.4, -0.2) is 40.4 Å². The fourth-order valence-electron chi connectivity index (χ4n) is 1.30. The minimum atomic E-state index is -4.18. The first-order valence-corrected chi connectivity index (χ1v) is 9.45. The fraction of sp³-hybridized carbons (Fsp3) is 0.700. The molecule has 0 aromatic heterocycles. The van der Waals surface area contributed by atoms with Crippen LogP contribution >= 0.6 is 11.8 Å². The Hall–Kier alpha value is 0.0200. The van der Waals surface area contributed by atoms with Crippen molar-refractivity contribution in [2.75, 3.05) is 17.8 Å². The van der Waals surface area contributed by atoms with Crippen LogP contribution in [-0.2, 0) is 25.8 Å². The van der Waals surface area contributed by atoms with Gasteiger partial charge in [-0.05, 0) is 13.2 Å². The van der Waals surface area contributed by atoms with Crippen LogP contribution in [0.2, 0.25) is 0 Å². The Kier molecular flexibility index (Phi) is 7.46. The monoisotopic (exact) mass is 299 g/mol. The lowest BCUT2D eigenvalue weighted by Gasteiger charge is -2.13. The van der Waals surface area contributed by atoms with Gasteiger partial charge in [0.2, 0.25) is 4.58 Å². The first-order chi connectivity index (χ1) is 7.75. The number of carbonyl (C=O) groups is 1. The lowest BCUT2D eigenvalue weighted by molar-refractivity contribution is -0.108. The van der Waals surface area contributed by atoms with Gasteiger partial charge in [-0.3, -0.25) is 4.55 Å². The minimum absolute atomic E-state index is 0.231. The summed E-state index contributed by atoms with van der Waals surface area (Å²) in [6, 6.07) is 0. The van der Waals surface area contributed by atoms with E-state index in [4.69, 9.17) is 4.55 Å². The van der Waals surface area contributed by atoms with Crippen LogP contribution in [0.3, 0.4) is 0 Å². The fourth-order valence-corrected chi connectivity index (χ4v) is 6.37. The van der Waals surface area contributed by atoms with E-state index in [0.29, 0.717) is 17.1 Å². The second kappa shape index (κ2) is 7.45. The summed E-state index contributed by atoms with van der Waals surface area (Å²) in [5.41, 5.74) is 0.344. The Labute approximate surface area is 110 Å². The van der Waals surface area contributed by atoms with E-state index in [1.54, 1.807) is 25.6 Å². The van der Waals surface area contributed by atoms with Crippen molar-refractivity contribution in [3.8, 4) is 0 Å². The molecule has 0 heterocycles. The van der Waals surface area contributed by atoms with Crippen LogP contribution < -0.4 is 0 Å². The summed E-state index contributed by atoms with van der Waals surface area (Å²) in [7, 11) is -5.19. The molecule has 0 amide bonds. The largest absolute Gasteiger partial charge is 0.358 e. The summed E-state index contributed by atoms with van der Waals surface area (Å²) in [5, 5.41) is -0.247. The van der Waals surface area contributed by atoms with Crippen LogP contribution in [0.25, 0.3) is 0 Å². The molecule has 100 valence electrons. The van der Waals surface area contributed by atoms with E-state index < -0.39 is 25.6 Å². The van der Waals surface area contributed by atoms with Crippen LogP contribution in [0, 0.1) is 0 Å². The van der Waals surface area contributed by atoms with Gasteiger partial charge in [-0.25, -0.2) is 4.79 Å². The zero-order valence-corrected chi connectivity index (χ0v) is 12.8. The summed E-state index contributed by atoms with van der Waals surface area (Å²) in [6.45, 7) is 6.78. The molecule has 2 atom stereocenters. The molecule has 0 rings (SSSR count). The van der Waals surface area contributed by atoms with Crippen molar-refractivity contribution in [3.05, 3.63) is 12.2 Å². The first-order valence-electron chi connectivity index (χ1n) is 5.10. The van der Waals surface area contributed by atoms with Crippen molar-refractivity contribution in [3.63, 3.8) is 0 Å². The van der Waals surface area contributed by atoms with Crippen molar-refractivity contribution in [1.29, 1.82) is 0 Å². The highest BCUT2D eigenvalue weighted by Gasteiger charge is 2.44. The highest BCUT2D eigenvalue weighted by atomic mass is 32.3. The van der Waals surface area contributed by atoms with Gasteiger partial charge in [0.1, 0.15) is 5.75 Å². The van der Waals surface area contributed by atoms with Crippen LogP contribution in [0.5, 0.6) is 0 Å². The predicted octanol–water partition coefficient (Wildman–Crippen LogP) is 1.69. The molecular weight excluding hydrogens is 280 g/mol. The Bertz CT molecular complexity index is 375. The molecule has 0 fully saturated rings. The first kappa shape index (κ1) is 17.0. The summed E-state index contributed by atoms with van der Waals surface area (Å²) in [4.78, 5) is 11.9. The Balaban J connectivity index is 5.14. The maximum Gasteiger partial charge on any atom is 0.358 e. The van der Waals surface area contributed by atoms with Crippen molar-refractivity contribution in [1.82, 2.24) is 0 Å². The van der Waals surface area contributed by atoms with E-state index in [2.05, 4.69) is 6.58 Å². The Morgan fingerprint density at radius 2 is 2.06 bits per heavy atom. The quantitative estimate of drug-likeness (QED) is 0.440. The molecule has 0 aliphatic carbocycles. The lowest BCUT2D eigenvalue weighted by Crippen LogP contribution is -2.37. The van der Waals surface area contributed by atoms with Crippen LogP contribution in [0.15, 0.2) is 12.2 Å². The zero-order chi connectivity index (χ0) is 13.6. The zero-order valence-electron chi connectivity index (χ0n) is 10.3. The molecule has 0 saturated carbocycles. The van der Waals surface area contributed by atoms with Crippen molar-refractivity contribution in [2.45, 2.75) is 24.9 Å². The molecule has 0 saturated heterocycles. The number of hydrogen-bond acceptors (Lipinski definition) is 4. The SMILES string of the molecule is C=C(C)C(=O)[S+](CCSC)C(CC)S(=O)(=O)O. The van der Waals surface area contributed by atoms with Crippen molar-refractivity contribution < 1.29 is 17.8 Å². The van der Waals surface area contributed by atoms with Crippen molar-refractivity contribution >= 4 is 37.9 Å². The van der Waals surface area contributed by atoms with Gasteiger partial charge in [-0.15, -0.1) is 0 Å². The van der Waals surface area contributed by atoms with E-state index in [1.165, 1.54) is 0 Å². The molecule has 0 aromatic rings. The van der Waals surface area contributed by atoms with E-state index >= 15 is 0 Å². The van der Waals surface area contributed by atoms with Crippen molar-refractivity contribution in [2.24, 2.45) is 0 Å². The summed E-state index contributed by atoms with van der Waals surface area (Å²) in [6.07, 6.45) is 2.12. The van der Waals surface area contributed by atoms with E-state index in [1.807, 2.05) is 6.26 Å². The van der Waals surface area contributed by atoms with Gasteiger partial charge < -0.3 is 0 Å². The van der Waals surface area contributed by atoms with Gasteiger partial charge in [0.25, 0.3) is 0 Å². The smallest absolute Gasteiger partial charge is 0.282 e. The molecule has 0 aliphatic rings. The number of hydrogen-bond donors (Lipinski definition) is 1. The minimum Gasteiger partial charge on any atom is -0.282 e. The maximum atomic E-state index is 11.9. The molecule has 0 aliphatic heterocycles. The van der Waals surface area contributed by atoms with Gasteiger partial charge in [0.15, 0.2) is 0 Å². The van der Waals surface area contributed by atoms with Gasteiger partial charge >= 0.3 is 15.2 Å². The van der Waals surface area contributed by atoms with Gasteiger partial charge in [0.05, 0.1) is 10.9 Å². The van der Waals surface area contributed by atoms with Crippen LogP contribution in [0.1, 0.15) is 20.3 Å². The predicted molar refractivity (Wildman–Crippen MR) is 76.1 cm³/mol. The van der Waals surface area contributed by atoms with Gasteiger partial charge in [-0.1, -0.05) is 13.5 Å². The number of rotatable bonds is 7.